The van der Waals surface area contributed by atoms with Gasteiger partial charge in [0.1, 0.15) is 18.1 Å². The summed E-state index contributed by atoms with van der Waals surface area (Å²) in [6.07, 6.45) is 0. The quantitative estimate of drug-likeness (QED) is 0.572. The van der Waals surface area contributed by atoms with Gasteiger partial charge in [-0.15, -0.1) is 0 Å². The molecule has 0 radical (unpaired) electrons. The molecule has 0 fully saturated rings. The lowest BCUT2D eigenvalue weighted by Crippen LogP contribution is -2.45. The van der Waals surface area contributed by atoms with Crippen LogP contribution in [0.2, 0.25) is 0 Å². The predicted molar refractivity (Wildman–Crippen MR) is 89.5 cm³/mol. The van der Waals surface area contributed by atoms with Gasteiger partial charge < -0.3 is 29.6 Å². The number of esters is 1. The molecule has 0 saturated carbocycles. The van der Waals surface area contributed by atoms with Gasteiger partial charge in [0.2, 0.25) is 0 Å². The minimum atomic E-state index is -0.704. The van der Waals surface area contributed by atoms with E-state index >= 15 is 0 Å². The summed E-state index contributed by atoms with van der Waals surface area (Å²) in [5.74, 6) is 0.553. The van der Waals surface area contributed by atoms with E-state index in [1.807, 2.05) is 0 Å². The number of allylic oxidation sites excluding steroid dienone is 1. The van der Waals surface area contributed by atoms with Gasteiger partial charge in [-0.25, -0.2) is 9.59 Å². The number of hydrogen-bond donors (Lipinski definition) is 2. The molecule has 1 aliphatic rings. The van der Waals surface area contributed by atoms with E-state index in [1.165, 1.54) is 14.2 Å². The lowest BCUT2D eigenvalue weighted by molar-refractivity contribution is -0.140. The van der Waals surface area contributed by atoms with Crippen LogP contribution in [0.3, 0.4) is 0 Å². The van der Waals surface area contributed by atoms with Crippen LogP contribution in [0.1, 0.15) is 18.5 Å². The molecular formula is C17H22N2O6. The zero-order valence-electron chi connectivity index (χ0n) is 14.7. The summed E-state index contributed by atoms with van der Waals surface area (Å²) in [5, 5.41) is 5.33. The first-order valence-corrected chi connectivity index (χ1v) is 7.68. The zero-order valence-corrected chi connectivity index (χ0v) is 14.7. The summed E-state index contributed by atoms with van der Waals surface area (Å²) in [7, 11) is 4.57. The van der Waals surface area contributed by atoms with Crippen LogP contribution in [0.4, 0.5) is 4.79 Å². The van der Waals surface area contributed by atoms with Crippen molar-refractivity contribution in [1.82, 2.24) is 10.6 Å². The fourth-order valence-electron chi connectivity index (χ4n) is 2.55. The Balaban J connectivity index is 2.40. The van der Waals surface area contributed by atoms with Crippen molar-refractivity contribution in [2.24, 2.45) is 0 Å². The van der Waals surface area contributed by atoms with Gasteiger partial charge in [-0.1, -0.05) is 0 Å². The molecule has 8 heteroatoms. The molecule has 0 bridgehead atoms. The Morgan fingerprint density at radius 1 is 1.16 bits per heavy atom. The van der Waals surface area contributed by atoms with E-state index in [4.69, 9.17) is 18.9 Å². The number of nitrogens with one attached hydrogen (secondary N) is 2. The van der Waals surface area contributed by atoms with Crippen molar-refractivity contribution in [3.8, 4) is 11.5 Å². The van der Waals surface area contributed by atoms with Crippen molar-refractivity contribution in [2.45, 2.75) is 13.0 Å². The van der Waals surface area contributed by atoms with Gasteiger partial charge in [0, 0.05) is 24.4 Å². The van der Waals surface area contributed by atoms with Crippen molar-refractivity contribution in [3.05, 3.63) is 35.0 Å². The summed E-state index contributed by atoms with van der Waals surface area (Å²) in [6, 6.07) is 4.05. The molecule has 1 aromatic carbocycles. The monoisotopic (exact) mass is 350 g/mol. The first-order chi connectivity index (χ1) is 12.0. The molecule has 0 unspecified atom stereocenters. The second kappa shape index (κ2) is 8.39. The Morgan fingerprint density at radius 3 is 2.56 bits per heavy atom. The molecule has 1 aliphatic heterocycles. The van der Waals surface area contributed by atoms with Crippen LogP contribution in [-0.4, -0.2) is 46.5 Å². The highest BCUT2D eigenvalue weighted by Crippen LogP contribution is 2.35. The third kappa shape index (κ3) is 4.21. The molecular weight excluding hydrogens is 328 g/mol. The van der Waals surface area contributed by atoms with Crippen molar-refractivity contribution < 1.29 is 28.5 Å². The summed E-state index contributed by atoms with van der Waals surface area (Å²) in [5.41, 5.74) is 1.35. The molecule has 0 aliphatic carbocycles. The first kappa shape index (κ1) is 18.6. The maximum atomic E-state index is 12.5. The minimum Gasteiger partial charge on any atom is -0.497 e. The second-order valence-electron chi connectivity index (χ2n) is 5.31. The highest BCUT2D eigenvalue weighted by molar-refractivity contribution is 5.95. The molecule has 136 valence electrons. The molecule has 0 spiro atoms. The number of amides is 2. The summed E-state index contributed by atoms with van der Waals surface area (Å²) in [4.78, 5) is 24.4. The molecule has 2 N–H and O–H groups in total. The van der Waals surface area contributed by atoms with Crippen LogP contribution < -0.4 is 20.1 Å². The Bertz CT molecular complexity index is 686. The van der Waals surface area contributed by atoms with E-state index in [-0.39, 0.29) is 13.2 Å². The molecule has 25 heavy (non-hydrogen) atoms. The fraction of sp³-hybridized carbons (Fsp3) is 0.412. The second-order valence-corrected chi connectivity index (χ2v) is 5.31. The number of urea groups is 1. The number of methoxy groups -OCH3 is 3. The first-order valence-electron chi connectivity index (χ1n) is 7.68. The topological polar surface area (TPSA) is 95.1 Å². The van der Waals surface area contributed by atoms with E-state index in [0.29, 0.717) is 28.3 Å². The Hall–Kier alpha value is -2.74. The van der Waals surface area contributed by atoms with Crippen LogP contribution >= 0.6 is 0 Å². The fourth-order valence-corrected chi connectivity index (χ4v) is 2.55. The number of benzene rings is 1. The third-order valence-corrected chi connectivity index (χ3v) is 3.76. The minimum absolute atomic E-state index is 0.118. The van der Waals surface area contributed by atoms with Gasteiger partial charge in [0.25, 0.3) is 0 Å². The Kier molecular flexibility index (Phi) is 6.24. The van der Waals surface area contributed by atoms with Gasteiger partial charge in [0.15, 0.2) is 0 Å². The van der Waals surface area contributed by atoms with Crippen molar-refractivity contribution in [1.29, 1.82) is 0 Å². The van der Waals surface area contributed by atoms with Crippen molar-refractivity contribution in [3.63, 3.8) is 0 Å². The highest BCUT2D eigenvalue weighted by atomic mass is 16.6. The number of ether oxygens (including phenoxy) is 4. The summed E-state index contributed by atoms with van der Waals surface area (Å²) >= 11 is 0. The standard InChI is InChI=1S/C17H22N2O6/c1-10-14(16(20)25-8-7-22-2)15(19-17(21)18-10)12-6-5-11(23-3)9-13(12)24-4/h5-6,9,15H,7-8H2,1-4H3,(H2,18,19,21)/t15-/m0/s1. The van der Waals surface area contributed by atoms with E-state index in [2.05, 4.69) is 10.6 Å². The normalized spacial score (nSPS) is 16.8. The smallest absolute Gasteiger partial charge is 0.338 e. The van der Waals surface area contributed by atoms with Gasteiger partial charge in [-0.2, -0.15) is 0 Å². The molecule has 2 amide bonds. The van der Waals surface area contributed by atoms with E-state index < -0.39 is 18.0 Å². The average molecular weight is 350 g/mol. The SMILES string of the molecule is COCCOC(=O)C1=C(C)NC(=O)N[C@H]1c1ccc(OC)cc1OC. The Labute approximate surface area is 146 Å². The molecule has 0 saturated heterocycles. The molecule has 1 atom stereocenters. The number of carbonyl (C=O) groups excluding carboxylic acids is 2. The maximum Gasteiger partial charge on any atom is 0.338 e. The lowest BCUT2D eigenvalue weighted by atomic mass is 9.94. The number of rotatable bonds is 7. The van der Waals surface area contributed by atoms with Crippen LogP contribution in [0.15, 0.2) is 29.5 Å². The molecule has 1 aromatic rings. The van der Waals surface area contributed by atoms with Gasteiger partial charge in [-0.3, -0.25) is 0 Å². The number of hydrogen-bond acceptors (Lipinski definition) is 6. The van der Waals surface area contributed by atoms with E-state index in [9.17, 15) is 9.59 Å². The lowest BCUT2D eigenvalue weighted by Gasteiger charge is -2.29. The van der Waals surface area contributed by atoms with Crippen molar-refractivity contribution in [2.75, 3.05) is 34.5 Å². The third-order valence-electron chi connectivity index (χ3n) is 3.76. The molecule has 8 nitrogen and oxygen atoms in total. The largest absolute Gasteiger partial charge is 0.497 e. The van der Waals surface area contributed by atoms with Crippen LogP contribution in [-0.2, 0) is 14.3 Å². The van der Waals surface area contributed by atoms with E-state index in [1.54, 1.807) is 32.2 Å². The van der Waals surface area contributed by atoms with Gasteiger partial charge in [-0.05, 0) is 19.1 Å². The number of carbonyl (C=O) groups is 2. The average Bonchev–Trinajstić information content (AvgIpc) is 2.60. The van der Waals surface area contributed by atoms with Crippen LogP contribution in [0.25, 0.3) is 0 Å². The molecule has 1 heterocycles. The zero-order chi connectivity index (χ0) is 18.4. The predicted octanol–water partition coefficient (Wildman–Crippen LogP) is 1.52. The van der Waals surface area contributed by atoms with Gasteiger partial charge in [0.05, 0.1) is 32.4 Å². The van der Waals surface area contributed by atoms with Gasteiger partial charge >= 0.3 is 12.0 Å². The highest BCUT2D eigenvalue weighted by Gasteiger charge is 2.34. The summed E-state index contributed by atoms with van der Waals surface area (Å²) in [6.45, 7) is 2.05. The maximum absolute atomic E-state index is 12.5. The Morgan fingerprint density at radius 2 is 1.92 bits per heavy atom. The molecule has 2 rings (SSSR count). The van der Waals surface area contributed by atoms with Crippen LogP contribution in [0, 0.1) is 0 Å². The summed E-state index contributed by atoms with van der Waals surface area (Å²) < 4.78 is 20.7. The van der Waals surface area contributed by atoms with E-state index in [0.717, 1.165) is 0 Å². The van der Waals surface area contributed by atoms with Crippen molar-refractivity contribution >= 4 is 12.0 Å². The van der Waals surface area contributed by atoms with Crippen LogP contribution in [0.5, 0.6) is 11.5 Å². The molecule has 0 aromatic heterocycles.